The van der Waals surface area contributed by atoms with E-state index in [0.29, 0.717) is 11.5 Å². The molecule has 0 aromatic carbocycles. The van der Waals surface area contributed by atoms with Crippen LogP contribution in [-0.4, -0.2) is 15.0 Å². The minimum atomic E-state index is 0.0796. The molecule has 1 N–H and O–H groups in total. The van der Waals surface area contributed by atoms with Gasteiger partial charge in [0, 0.05) is 11.1 Å². The molecule has 2 heterocycles. The smallest absolute Gasteiger partial charge is 0.158 e. The second-order valence-electron chi connectivity index (χ2n) is 3.57. The third-order valence-electron chi connectivity index (χ3n) is 2.14. The van der Waals surface area contributed by atoms with Crippen molar-refractivity contribution in [1.82, 2.24) is 15.0 Å². The van der Waals surface area contributed by atoms with Crippen LogP contribution in [0.5, 0.6) is 0 Å². The molecule has 17 heavy (non-hydrogen) atoms. The monoisotopic (exact) mass is 245 g/mol. The Morgan fingerprint density at radius 3 is 2.65 bits per heavy atom. The number of nitriles is 1. The molecular weight excluding hydrogens is 234 g/mol. The van der Waals surface area contributed by atoms with Crippen LogP contribution in [0.15, 0.2) is 18.6 Å². The molecule has 2 aromatic heterocycles. The van der Waals surface area contributed by atoms with Gasteiger partial charge in [0.2, 0.25) is 0 Å². The first kappa shape index (κ1) is 11.5. The van der Waals surface area contributed by atoms with Crippen molar-refractivity contribution >= 4 is 17.2 Å². The third kappa shape index (κ3) is 2.77. The SMILES string of the molecule is Cc1cnc(C(C)Nc2cnc(C#N)cn2)s1. The predicted molar refractivity (Wildman–Crippen MR) is 65.6 cm³/mol. The zero-order valence-electron chi connectivity index (χ0n) is 9.51. The van der Waals surface area contributed by atoms with E-state index in [1.165, 1.54) is 11.1 Å². The van der Waals surface area contributed by atoms with Gasteiger partial charge in [-0.2, -0.15) is 5.26 Å². The largest absolute Gasteiger partial charge is 0.360 e. The average molecular weight is 245 g/mol. The zero-order valence-corrected chi connectivity index (χ0v) is 10.3. The lowest BCUT2D eigenvalue weighted by Crippen LogP contribution is -2.07. The molecule has 0 bridgehead atoms. The summed E-state index contributed by atoms with van der Waals surface area (Å²) in [5, 5.41) is 12.8. The van der Waals surface area contributed by atoms with Crippen LogP contribution in [0.3, 0.4) is 0 Å². The summed E-state index contributed by atoms with van der Waals surface area (Å²) in [4.78, 5) is 13.5. The van der Waals surface area contributed by atoms with E-state index >= 15 is 0 Å². The van der Waals surface area contributed by atoms with Gasteiger partial charge < -0.3 is 5.32 Å². The molecule has 0 saturated heterocycles. The number of rotatable bonds is 3. The summed E-state index contributed by atoms with van der Waals surface area (Å²) < 4.78 is 0. The van der Waals surface area contributed by atoms with Crippen LogP contribution in [0.4, 0.5) is 5.82 Å². The molecule has 1 atom stereocenters. The van der Waals surface area contributed by atoms with Crippen molar-refractivity contribution in [2.45, 2.75) is 19.9 Å². The van der Waals surface area contributed by atoms with Crippen molar-refractivity contribution in [3.05, 3.63) is 34.2 Å². The van der Waals surface area contributed by atoms with E-state index in [-0.39, 0.29) is 6.04 Å². The van der Waals surface area contributed by atoms with E-state index in [4.69, 9.17) is 5.26 Å². The van der Waals surface area contributed by atoms with Gasteiger partial charge in [0.05, 0.1) is 18.4 Å². The zero-order chi connectivity index (χ0) is 12.3. The molecule has 2 rings (SSSR count). The van der Waals surface area contributed by atoms with Gasteiger partial charge in [0.25, 0.3) is 0 Å². The van der Waals surface area contributed by atoms with Crippen molar-refractivity contribution in [1.29, 1.82) is 5.26 Å². The molecule has 0 spiro atoms. The fourth-order valence-electron chi connectivity index (χ4n) is 1.32. The first-order valence-electron chi connectivity index (χ1n) is 5.10. The number of nitrogens with zero attached hydrogens (tertiary/aromatic N) is 4. The van der Waals surface area contributed by atoms with E-state index in [0.717, 1.165) is 5.01 Å². The molecule has 0 radical (unpaired) electrons. The summed E-state index contributed by atoms with van der Waals surface area (Å²) in [5.74, 6) is 0.643. The van der Waals surface area contributed by atoms with Crippen LogP contribution in [0, 0.1) is 18.3 Å². The standard InChI is InChI=1S/C11H11N5S/c1-7-4-15-11(17-7)8(2)16-10-6-13-9(3-12)5-14-10/h4-6,8H,1-2H3,(H,14,16). The lowest BCUT2D eigenvalue weighted by atomic mass is 10.3. The summed E-state index contributed by atoms with van der Waals surface area (Å²) in [6.45, 7) is 4.04. The van der Waals surface area contributed by atoms with Gasteiger partial charge in [-0.1, -0.05) is 0 Å². The van der Waals surface area contributed by atoms with E-state index in [9.17, 15) is 0 Å². The topological polar surface area (TPSA) is 74.5 Å². The molecule has 0 aliphatic heterocycles. The van der Waals surface area contributed by atoms with E-state index in [1.54, 1.807) is 17.5 Å². The maximum Gasteiger partial charge on any atom is 0.158 e. The maximum atomic E-state index is 8.61. The summed E-state index contributed by atoms with van der Waals surface area (Å²) in [5.41, 5.74) is 0.313. The molecule has 0 amide bonds. The normalized spacial score (nSPS) is 11.8. The number of nitrogens with one attached hydrogen (secondary N) is 1. The van der Waals surface area contributed by atoms with Crippen LogP contribution in [-0.2, 0) is 0 Å². The van der Waals surface area contributed by atoms with Gasteiger partial charge in [-0.25, -0.2) is 15.0 Å². The average Bonchev–Trinajstić information content (AvgIpc) is 2.77. The van der Waals surface area contributed by atoms with Crippen molar-refractivity contribution < 1.29 is 0 Å². The van der Waals surface area contributed by atoms with Gasteiger partial charge in [-0.15, -0.1) is 11.3 Å². The molecule has 6 heteroatoms. The van der Waals surface area contributed by atoms with Crippen LogP contribution in [0.1, 0.15) is 28.5 Å². The van der Waals surface area contributed by atoms with Gasteiger partial charge in [-0.3, -0.25) is 0 Å². The van der Waals surface area contributed by atoms with Gasteiger partial charge in [0.1, 0.15) is 16.9 Å². The molecule has 0 saturated carbocycles. The molecule has 1 unspecified atom stereocenters. The number of thiazole rings is 1. The number of aryl methyl sites for hydroxylation is 1. The Morgan fingerprint density at radius 1 is 1.29 bits per heavy atom. The van der Waals surface area contributed by atoms with Crippen molar-refractivity contribution in [2.75, 3.05) is 5.32 Å². The fourth-order valence-corrected chi connectivity index (χ4v) is 2.09. The fraction of sp³-hybridized carbons (Fsp3) is 0.273. The number of anilines is 1. The van der Waals surface area contributed by atoms with E-state index < -0.39 is 0 Å². The highest BCUT2D eigenvalue weighted by Gasteiger charge is 2.09. The number of hydrogen-bond donors (Lipinski definition) is 1. The minimum absolute atomic E-state index is 0.0796. The van der Waals surface area contributed by atoms with Crippen molar-refractivity contribution in [3.63, 3.8) is 0 Å². The Hall–Kier alpha value is -2.00. The van der Waals surface area contributed by atoms with Crippen molar-refractivity contribution in [3.8, 4) is 6.07 Å². The van der Waals surface area contributed by atoms with E-state index in [2.05, 4.69) is 20.3 Å². The molecule has 86 valence electrons. The Morgan fingerprint density at radius 2 is 2.12 bits per heavy atom. The predicted octanol–water partition coefficient (Wildman–Crippen LogP) is 2.29. The Bertz CT molecular complexity index is 540. The van der Waals surface area contributed by atoms with Gasteiger partial charge in [-0.05, 0) is 13.8 Å². The highest BCUT2D eigenvalue weighted by Crippen LogP contribution is 2.21. The molecule has 2 aromatic rings. The second-order valence-corrected chi connectivity index (χ2v) is 4.84. The third-order valence-corrected chi connectivity index (χ3v) is 3.24. The van der Waals surface area contributed by atoms with Crippen LogP contribution in [0.25, 0.3) is 0 Å². The summed E-state index contributed by atoms with van der Waals surface area (Å²) >= 11 is 1.65. The first-order valence-corrected chi connectivity index (χ1v) is 5.91. The van der Waals surface area contributed by atoms with Crippen LogP contribution < -0.4 is 5.32 Å². The minimum Gasteiger partial charge on any atom is -0.360 e. The van der Waals surface area contributed by atoms with Gasteiger partial charge in [0.15, 0.2) is 5.69 Å². The van der Waals surface area contributed by atoms with E-state index in [1.807, 2.05) is 26.1 Å². The number of hydrogen-bond acceptors (Lipinski definition) is 6. The second kappa shape index (κ2) is 4.89. The van der Waals surface area contributed by atoms with Crippen LogP contribution in [0.2, 0.25) is 0 Å². The molecule has 0 aliphatic rings. The van der Waals surface area contributed by atoms with Gasteiger partial charge >= 0.3 is 0 Å². The number of aromatic nitrogens is 3. The molecule has 5 nitrogen and oxygen atoms in total. The first-order chi connectivity index (χ1) is 8.19. The lowest BCUT2D eigenvalue weighted by Gasteiger charge is -2.10. The summed E-state index contributed by atoms with van der Waals surface area (Å²) in [7, 11) is 0. The molecule has 0 fully saturated rings. The Labute approximate surface area is 103 Å². The lowest BCUT2D eigenvalue weighted by molar-refractivity contribution is 0.857. The highest BCUT2D eigenvalue weighted by atomic mass is 32.1. The molecular formula is C11H11N5S. The Balaban J connectivity index is 2.08. The summed E-state index contributed by atoms with van der Waals surface area (Å²) in [6.07, 6.45) is 4.85. The Kier molecular flexibility index (Phi) is 3.30. The highest BCUT2D eigenvalue weighted by molar-refractivity contribution is 7.11. The molecule has 0 aliphatic carbocycles. The maximum absolute atomic E-state index is 8.61. The summed E-state index contributed by atoms with van der Waals surface area (Å²) in [6, 6.07) is 2.01. The van der Waals surface area contributed by atoms with Crippen molar-refractivity contribution in [2.24, 2.45) is 0 Å². The van der Waals surface area contributed by atoms with Crippen LogP contribution >= 0.6 is 11.3 Å². The quantitative estimate of drug-likeness (QED) is 0.898.